The second-order valence-corrected chi connectivity index (χ2v) is 2.90. The van der Waals surface area contributed by atoms with Gasteiger partial charge in [-0.2, -0.15) is 5.10 Å². The summed E-state index contributed by atoms with van der Waals surface area (Å²) in [6.45, 7) is 1.84. The van der Waals surface area contributed by atoms with Crippen LogP contribution in [0, 0.1) is 6.92 Å². The summed E-state index contributed by atoms with van der Waals surface area (Å²) >= 11 is 0. The van der Waals surface area contributed by atoms with Gasteiger partial charge in [-0.05, 0) is 12.5 Å². The molecule has 0 atom stereocenters. The van der Waals surface area contributed by atoms with E-state index < -0.39 is 0 Å². The predicted octanol–water partition coefficient (Wildman–Crippen LogP) is 0.824. The molecule has 0 saturated carbocycles. The zero-order valence-corrected chi connectivity index (χ0v) is 7.89. The number of aryl methyl sites for hydroxylation is 1. The largest absolute Gasteiger partial charge is 0.465 e. The van der Waals surface area contributed by atoms with E-state index in [-0.39, 0.29) is 5.97 Å². The summed E-state index contributed by atoms with van der Waals surface area (Å²) in [5, 5.41) is 3.98. The van der Waals surface area contributed by atoms with Crippen LogP contribution in [0.1, 0.15) is 15.9 Å². The molecule has 0 aliphatic heterocycles. The van der Waals surface area contributed by atoms with Crippen LogP contribution in [0.2, 0.25) is 0 Å². The van der Waals surface area contributed by atoms with Gasteiger partial charge in [0.2, 0.25) is 0 Å². The molecule has 0 aromatic carbocycles. The zero-order valence-electron chi connectivity index (χ0n) is 7.89. The minimum Gasteiger partial charge on any atom is -0.465 e. The van der Waals surface area contributed by atoms with Gasteiger partial charge < -0.3 is 4.74 Å². The second-order valence-electron chi connectivity index (χ2n) is 2.90. The molecule has 14 heavy (non-hydrogen) atoms. The van der Waals surface area contributed by atoms with Gasteiger partial charge in [-0.25, -0.2) is 14.3 Å². The van der Waals surface area contributed by atoms with Crippen LogP contribution in [-0.2, 0) is 4.74 Å². The maximum atomic E-state index is 11.3. The summed E-state index contributed by atoms with van der Waals surface area (Å²) in [6.07, 6.45) is 4.72. The van der Waals surface area contributed by atoms with Crippen molar-refractivity contribution in [3.63, 3.8) is 0 Å². The number of hydrogen-bond acceptors (Lipinski definition) is 4. The van der Waals surface area contributed by atoms with Gasteiger partial charge in [-0.15, -0.1) is 0 Å². The number of aromatic nitrogens is 3. The molecule has 0 aliphatic rings. The number of fused-ring (bicyclic) bond motifs is 1. The molecular formula is C9H9N3O2. The van der Waals surface area contributed by atoms with Crippen molar-refractivity contribution in [1.82, 2.24) is 14.6 Å². The lowest BCUT2D eigenvalue weighted by atomic mass is 10.2. The molecule has 0 N–H and O–H groups in total. The minimum atomic E-state index is -0.354. The van der Waals surface area contributed by atoms with Crippen LogP contribution in [0.3, 0.4) is 0 Å². The number of carbonyl (C=O) groups excluding carboxylic acids is 1. The summed E-state index contributed by atoms with van der Waals surface area (Å²) < 4.78 is 6.25. The predicted molar refractivity (Wildman–Crippen MR) is 49.1 cm³/mol. The van der Waals surface area contributed by atoms with E-state index in [2.05, 4.69) is 14.8 Å². The molecule has 0 saturated heterocycles. The summed E-state index contributed by atoms with van der Waals surface area (Å²) in [6, 6.07) is 0. The van der Waals surface area contributed by atoms with Crippen molar-refractivity contribution in [3.8, 4) is 0 Å². The van der Waals surface area contributed by atoms with E-state index in [0.717, 1.165) is 11.1 Å². The van der Waals surface area contributed by atoms with Crippen LogP contribution in [0.5, 0.6) is 0 Å². The Hall–Kier alpha value is -1.91. The van der Waals surface area contributed by atoms with Crippen molar-refractivity contribution in [2.45, 2.75) is 6.92 Å². The van der Waals surface area contributed by atoms with Gasteiger partial charge in [0.05, 0.1) is 24.4 Å². The quantitative estimate of drug-likeness (QED) is 0.626. The van der Waals surface area contributed by atoms with E-state index in [0.29, 0.717) is 5.56 Å². The lowest BCUT2D eigenvalue weighted by molar-refractivity contribution is 0.0600. The first-order chi connectivity index (χ1) is 6.74. The highest BCUT2D eigenvalue weighted by Gasteiger charge is 2.14. The first-order valence-electron chi connectivity index (χ1n) is 4.10. The highest BCUT2D eigenvalue weighted by atomic mass is 16.5. The molecule has 72 valence electrons. The van der Waals surface area contributed by atoms with Crippen molar-refractivity contribution in [2.24, 2.45) is 0 Å². The SMILES string of the molecule is COC(=O)c1cn2ncncc2c1C. The number of nitrogens with zero attached hydrogens (tertiary/aromatic N) is 3. The Labute approximate surface area is 80.3 Å². The summed E-state index contributed by atoms with van der Waals surface area (Å²) in [5.74, 6) is -0.354. The number of hydrogen-bond donors (Lipinski definition) is 0. The first-order valence-corrected chi connectivity index (χ1v) is 4.10. The van der Waals surface area contributed by atoms with Crippen LogP contribution < -0.4 is 0 Å². The molecule has 5 nitrogen and oxygen atoms in total. The van der Waals surface area contributed by atoms with Crippen LogP contribution in [0.15, 0.2) is 18.7 Å². The average Bonchev–Trinajstić information content (AvgIpc) is 2.56. The normalized spacial score (nSPS) is 10.4. The maximum absolute atomic E-state index is 11.3. The summed E-state index contributed by atoms with van der Waals surface area (Å²) in [7, 11) is 1.36. The standard InChI is InChI=1S/C9H9N3O2/c1-6-7(9(13)14-2)4-12-8(6)3-10-5-11-12/h3-5H,1-2H3. The fourth-order valence-corrected chi connectivity index (χ4v) is 1.36. The van der Waals surface area contributed by atoms with Crippen molar-refractivity contribution in [3.05, 3.63) is 29.8 Å². The Morgan fingerprint density at radius 1 is 1.57 bits per heavy atom. The monoisotopic (exact) mass is 191 g/mol. The molecule has 0 unspecified atom stereocenters. The lowest BCUT2D eigenvalue weighted by Gasteiger charge is -1.95. The van der Waals surface area contributed by atoms with Gasteiger partial charge in [0.1, 0.15) is 6.33 Å². The zero-order chi connectivity index (χ0) is 10.1. The van der Waals surface area contributed by atoms with Crippen molar-refractivity contribution in [1.29, 1.82) is 0 Å². The summed E-state index contributed by atoms with van der Waals surface area (Å²) in [4.78, 5) is 15.2. The number of rotatable bonds is 1. The highest BCUT2D eigenvalue weighted by Crippen LogP contribution is 2.15. The highest BCUT2D eigenvalue weighted by molar-refractivity contribution is 5.93. The fraction of sp³-hybridized carbons (Fsp3) is 0.222. The topological polar surface area (TPSA) is 56.5 Å². The molecule has 0 aliphatic carbocycles. The van der Waals surface area contributed by atoms with Gasteiger partial charge >= 0.3 is 5.97 Å². The van der Waals surface area contributed by atoms with Gasteiger partial charge in [-0.1, -0.05) is 0 Å². The maximum Gasteiger partial charge on any atom is 0.339 e. The fourth-order valence-electron chi connectivity index (χ4n) is 1.36. The van der Waals surface area contributed by atoms with Gasteiger partial charge in [0.25, 0.3) is 0 Å². The average molecular weight is 191 g/mol. The van der Waals surface area contributed by atoms with Crippen LogP contribution in [-0.4, -0.2) is 27.7 Å². The molecule has 2 aromatic rings. The lowest BCUT2D eigenvalue weighted by Crippen LogP contribution is -2.00. The van der Waals surface area contributed by atoms with Gasteiger partial charge in [0, 0.05) is 6.20 Å². The van der Waals surface area contributed by atoms with E-state index in [4.69, 9.17) is 0 Å². The number of esters is 1. The molecule has 0 radical (unpaired) electrons. The second kappa shape index (κ2) is 3.10. The third kappa shape index (κ3) is 1.14. The van der Waals surface area contributed by atoms with Crippen LogP contribution in [0.25, 0.3) is 5.52 Å². The van der Waals surface area contributed by atoms with E-state index in [1.165, 1.54) is 13.4 Å². The molecule has 5 heteroatoms. The number of methoxy groups -OCH3 is 1. The van der Waals surface area contributed by atoms with E-state index in [1.807, 2.05) is 6.92 Å². The van der Waals surface area contributed by atoms with E-state index in [9.17, 15) is 4.79 Å². The Morgan fingerprint density at radius 3 is 3.00 bits per heavy atom. The Kier molecular flexibility index (Phi) is 1.92. The Balaban J connectivity index is 2.68. The van der Waals surface area contributed by atoms with E-state index >= 15 is 0 Å². The molecule has 2 heterocycles. The minimum absolute atomic E-state index is 0.354. The van der Waals surface area contributed by atoms with Gasteiger partial charge in [-0.3, -0.25) is 0 Å². The van der Waals surface area contributed by atoms with Crippen molar-refractivity contribution in [2.75, 3.05) is 7.11 Å². The van der Waals surface area contributed by atoms with E-state index in [1.54, 1.807) is 16.9 Å². The molecule has 0 bridgehead atoms. The van der Waals surface area contributed by atoms with Crippen molar-refractivity contribution < 1.29 is 9.53 Å². The molecule has 0 spiro atoms. The molecule has 0 fully saturated rings. The smallest absolute Gasteiger partial charge is 0.339 e. The van der Waals surface area contributed by atoms with Gasteiger partial charge in [0.15, 0.2) is 0 Å². The number of ether oxygens (including phenoxy) is 1. The third-order valence-corrected chi connectivity index (χ3v) is 2.13. The Bertz CT molecular complexity index is 490. The molecule has 0 amide bonds. The van der Waals surface area contributed by atoms with Crippen LogP contribution >= 0.6 is 0 Å². The Morgan fingerprint density at radius 2 is 2.36 bits per heavy atom. The van der Waals surface area contributed by atoms with Crippen molar-refractivity contribution >= 4 is 11.5 Å². The van der Waals surface area contributed by atoms with Crippen LogP contribution in [0.4, 0.5) is 0 Å². The molecule has 2 rings (SSSR count). The third-order valence-electron chi connectivity index (χ3n) is 2.13. The summed E-state index contributed by atoms with van der Waals surface area (Å²) in [5.41, 5.74) is 2.17. The molecule has 2 aromatic heterocycles. The molecular weight excluding hydrogens is 182 g/mol. The number of carbonyl (C=O) groups is 1. The first kappa shape index (κ1) is 8.68.